The molecule has 0 amide bonds. The zero-order chi connectivity index (χ0) is 19.4. The lowest BCUT2D eigenvalue weighted by molar-refractivity contribution is -0.129. The monoisotopic (exact) mass is 393 g/mol. The number of methoxy groups -OCH3 is 1. The number of benzene rings is 1. The van der Waals surface area contributed by atoms with Gasteiger partial charge in [0.1, 0.15) is 39.8 Å². The van der Waals surface area contributed by atoms with Crippen molar-refractivity contribution in [1.29, 1.82) is 15.8 Å². The molecule has 0 N–H and O–H groups in total. The zero-order valence-electron chi connectivity index (χ0n) is 13.6. The maximum absolute atomic E-state index is 12.4. The number of carbonyl (C=O) groups is 1. The van der Waals surface area contributed by atoms with Gasteiger partial charge in [-0.2, -0.15) is 15.8 Å². The van der Waals surface area contributed by atoms with E-state index in [2.05, 4.69) is 9.97 Å². The SMILES string of the molecule is COc1ccc(OC(=O)C(C#N)=C2Sc3nc(C#N)c(C#N)nc3S2)cc1. The van der Waals surface area contributed by atoms with Crippen LogP contribution in [0.15, 0.2) is 44.1 Å². The van der Waals surface area contributed by atoms with Crippen LogP contribution in [0.1, 0.15) is 11.4 Å². The van der Waals surface area contributed by atoms with Crippen molar-refractivity contribution in [2.24, 2.45) is 0 Å². The van der Waals surface area contributed by atoms with Gasteiger partial charge in [-0.3, -0.25) is 0 Å². The molecule has 1 aliphatic heterocycles. The molecule has 1 aliphatic rings. The van der Waals surface area contributed by atoms with Crippen LogP contribution in [-0.4, -0.2) is 23.0 Å². The molecule has 0 fully saturated rings. The van der Waals surface area contributed by atoms with Crippen LogP contribution in [0.25, 0.3) is 0 Å². The first kappa shape index (κ1) is 18.3. The third-order valence-corrected chi connectivity index (χ3v) is 5.58. The molecule has 3 rings (SSSR count). The Morgan fingerprint density at radius 3 is 1.93 bits per heavy atom. The molecule has 0 bridgehead atoms. The largest absolute Gasteiger partial charge is 0.497 e. The second kappa shape index (κ2) is 7.79. The minimum Gasteiger partial charge on any atom is -0.497 e. The highest BCUT2D eigenvalue weighted by molar-refractivity contribution is 8.24. The van der Waals surface area contributed by atoms with E-state index in [0.29, 0.717) is 20.0 Å². The van der Waals surface area contributed by atoms with Crippen molar-refractivity contribution in [2.45, 2.75) is 10.1 Å². The summed E-state index contributed by atoms with van der Waals surface area (Å²) >= 11 is 2.06. The molecular weight excluding hydrogens is 386 g/mol. The van der Waals surface area contributed by atoms with E-state index in [0.717, 1.165) is 23.5 Å². The third-order valence-electron chi connectivity index (χ3n) is 3.21. The summed E-state index contributed by atoms with van der Waals surface area (Å²) in [5, 5.41) is 28.2. The number of hydrogen-bond donors (Lipinski definition) is 0. The van der Waals surface area contributed by atoms with Crippen LogP contribution in [0.2, 0.25) is 0 Å². The lowest BCUT2D eigenvalue weighted by Crippen LogP contribution is -2.11. The smallest absolute Gasteiger partial charge is 0.356 e. The highest BCUT2D eigenvalue weighted by Gasteiger charge is 2.29. The van der Waals surface area contributed by atoms with Gasteiger partial charge in [0.2, 0.25) is 0 Å². The molecule has 0 unspecified atom stereocenters. The van der Waals surface area contributed by atoms with Crippen LogP contribution < -0.4 is 9.47 Å². The number of carbonyl (C=O) groups excluding carboxylic acids is 1. The van der Waals surface area contributed by atoms with Gasteiger partial charge in [0, 0.05) is 0 Å². The number of esters is 1. The molecule has 1 aromatic heterocycles. The number of rotatable bonds is 3. The summed E-state index contributed by atoms with van der Waals surface area (Å²) in [6.45, 7) is 0. The average molecular weight is 393 g/mol. The average Bonchev–Trinajstić information content (AvgIpc) is 3.10. The molecule has 0 radical (unpaired) electrons. The fourth-order valence-electron chi connectivity index (χ4n) is 1.97. The first-order valence-electron chi connectivity index (χ1n) is 7.18. The number of aromatic nitrogens is 2. The minimum atomic E-state index is -0.827. The lowest BCUT2D eigenvalue weighted by atomic mass is 10.3. The molecule has 27 heavy (non-hydrogen) atoms. The number of thioether (sulfide) groups is 2. The van der Waals surface area contributed by atoms with E-state index >= 15 is 0 Å². The molecule has 0 saturated carbocycles. The normalized spacial score (nSPS) is 11.6. The van der Waals surface area contributed by atoms with E-state index in [1.807, 2.05) is 6.07 Å². The predicted molar refractivity (Wildman–Crippen MR) is 94.4 cm³/mol. The Balaban J connectivity index is 1.87. The van der Waals surface area contributed by atoms with Crippen LogP contribution in [-0.2, 0) is 4.79 Å². The van der Waals surface area contributed by atoms with Crippen LogP contribution in [0.5, 0.6) is 11.5 Å². The van der Waals surface area contributed by atoms with Gasteiger partial charge < -0.3 is 9.47 Å². The van der Waals surface area contributed by atoms with Crippen molar-refractivity contribution in [3.05, 3.63) is 45.5 Å². The maximum atomic E-state index is 12.4. The summed E-state index contributed by atoms with van der Waals surface area (Å²) in [5.74, 6) is 0.0330. The molecule has 10 heteroatoms. The molecule has 1 aromatic carbocycles. The Morgan fingerprint density at radius 1 is 0.963 bits per heavy atom. The zero-order valence-corrected chi connectivity index (χ0v) is 15.2. The fraction of sp³-hybridized carbons (Fsp3) is 0.0588. The van der Waals surface area contributed by atoms with E-state index in [1.54, 1.807) is 36.4 Å². The predicted octanol–water partition coefficient (Wildman–Crippen LogP) is 2.77. The topological polar surface area (TPSA) is 133 Å². The first-order valence-corrected chi connectivity index (χ1v) is 8.81. The van der Waals surface area contributed by atoms with Crippen LogP contribution in [0.4, 0.5) is 0 Å². The number of ether oxygens (including phenoxy) is 2. The minimum absolute atomic E-state index is 0.107. The van der Waals surface area contributed by atoms with Crippen LogP contribution >= 0.6 is 23.5 Å². The summed E-state index contributed by atoms with van der Waals surface area (Å²) in [6, 6.07) is 11.8. The lowest BCUT2D eigenvalue weighted by Gasteiger charge is -2.05. The Labute approximate surface area is 162 Å². The van der Waals surface area contributed by atoms with Gasteiger partial charge in [-0.25, -0.2) is 14.8 Å². The summed E-state index contributed by atoms with van der Waals surface area (Å²) in [7, 11) is 1.52. The van der Waals surface area contributed by atoms with E-state index in [9.17, 15) is 10.1 Å². The quantitative estimate of drug-likeness (QED) is 0.332. The van der Waals surface area contributed by atoms with Gasteiger partial charge in [0.25, 0.3) is 0 Å². The Hall–Kier alpha value is -3.52. The van der Waals surface area contributed by atoms with Crippen LogP contribution in [0.3, 0.4) is 0 Å². The molecule has 0 spiro atoms. The summed E-state index contributed by atoms with van der Waals surface area (Å²) in [4.78, 5) is 20.5. The van der Waals surface area contributed by atoms with Crippen molar-refractivity contribution in [3.63, 3.8) is 0 Å². The van der Waals surface area contributed by atoms with Crippen molar-refractivity contribution in [2.75, 3.05) is 7.11 Å². The molecule has 0 saturated heterocycles. The Kier molecular flexibility index (Phi) is 5.28. The van der Waals surface area contributed by atoms with Gasteiger partial charge in [0.05, 0.1) is 11.3 Å². The van der Waals surface area contributed by atoms with Gasteiger partial charge in [0.15, 0.2) is 17.0 Å². The molecule has 8 nitrogen and oxygen atoms in total. The van der Waals surface area contributed by atoms with Crippen molar-refractivity contribution < 1.29 is 14.3 Å². The summed E-state index contributed by atoms with van der Waals surface area (Å²) in [6.07, 6.45) is 0. The van der Waals surface area contributed by atoms with Gasteiger partial charge in [-0.05, 0) is 24.3 Å². The fourth-order valence-corrected chi connectivity index (χ4v) is 4.21. The summed E-state index contributed by atoms with van der Waals surface area (Å²) < 4.78 is 10.6. The van der Waals surface area contributed by atoms with Gasteiger partial charge in [-0.15, -0.1) is 0 Å². The number of nitrogens with zero attached hydrogens (tertiary/aromatic N) is 5. The van der Waals surface area contributed by atoms with E-state index in [-0.39, 0.29) is 22.7 Å². The highest BCUT2D eigenvalue weighted by Crippen LogP contribution is 2.50. The standard InChI is InChI=1S/C17H7N5O3S2/c1-24-9-2-4-10(5-3-9)25-16(23)11(6-18)17-26-14-15(27-17)22-13(8-20)12(7-19)21-14/h2-5H,1H3. The van der Waals surface area contributed by atoms with Crippen LogP contribution in [0, 0.1) is 34.0 Å². The van der Waals surface area contributed by atoms with E-state index < -0.39 is 5.97 Å². The molecular formula is C17H7N5O3S2. The molecule has 2 heterocycles. The van der Waals surface area contributed by atoms with Crippen molar-refractivity contribution in [1.82, 2.24) is 9.97 Å². The van der Waals surface area contributed by atoms with Crippen molar-refractivity contribution in [3.8, 4) is 29.7 Å². The molecule has 0 aliphatic carbocycles. The summed E-state index contributed by atoms with van der Waals surface area (Å²) in [5.41, 5.74) is -0.424. The van der Waals surface area contributed by atoms with Gasteiger partial charge in [-0.1, -0.05) is 23.5 Å². The van der Waals surface area contributed by atoms with Gasteiger partial charge >= 0.3 is 5.97 Å². The molecule has 0 atom stereocenters. The second-order valence-corrected chi connectivity index (χ2v) is 7.05. The number of hydrogen-bond acceptors (Lipinski definition) is 10. The number of fused-ring (bicyclic) bond motifs is 1. The van der Waals surface area contributed by atoms with E-state index in [1.165, 1.54) is 7.11 Å². The number of nitriles is 3. The molecule has 130 valence electrons. The van der Waals surface area contributed by atoms with E-state index in [4.69, 9.17) is 20.0 Å². The maximum Gasteiger partial charge on any atom is 0.356 e. The first-order chi connectivity index (χ1) is 13.1. The van der Waals surface area contributed by atoms with Crippen molar-refractivity contribution >= 4 is 29.5 Å². The molecule has 2 aromatic rings. The Morgan fingerprint density at radius 2 is 1.48 bits per heavy atom. The highest BCUT2D eigenvalue weighted by atomic mass is 32.2. The Bertz CT molecular complexity index is 1050. The second-order valence-electron chi connectivity index (χ2n) is 4.80. The third kappa shape index (κ3) is 3.70.